The largest absolute Gasteiger partial charge is 0.192 e. The van der Waals surface area contributed by atoms with Crippen LogP contribution in [0.15, 0.2) is 58.6 Å². The minimum absolute atomic E-state index is 0.721. The van der Waals surface area contributed by atoms with Gasteiger partial charge in [-0.2, -0.15) is 5.26 Å². The van der Waals surface area contributed by atoms with Crippen LogP contribution in [0.3, 0.4) is 0 Å². The summed E-state index contributed by atoms with van der Waals surface area (Å²) in [7, 11) is 0. The lowest BCUT2D eigenvalue weighted by Crippen LogP contribution is -1.96. The molecule has 2 heteroatoms. The van der Waals surface area contributed by atoms with E-state index in [1.165, 1.54) is 5.57 Å². The van der Waals surface area contributed by atoms with Gasteiger partial charge in [0, 0.05) is 0 Å². The third-order valence-corrected chi connectivity index (χ3v) is 3.11. The van der Waals surface area contributed by atoms with Crippen LogP contribution in [0.2, 0.25) is 0 Å². The number of rotatable bonds is 4. The van der Waals surface area contributed by atoms with Gasteiger partial charge in [0.25, 0.3) is 0 Å². The van der Waals surface area contributed by atoms with Gasteiger partial charge in [-0.15, -0.1) is 11.8 Å². The average molecular weight is 243 g/mol. The van der Waals surface area contributed by atoms with Crippen LogP contribution in [0.1, 0.15) is 19.8 Å². The van der Waals surface area contributed by atoms with Crippen molar-refractivity contribution < 1.29 is 0 Å². The standard InChI is InChI=1S/C15H17NS/c1-4-13(9-10-17-3)15(11-16)14-8-6-5-7-12(14)2/h4,6,8-10H,1,5,7H2,2-3H3/b10-9-,15-13-. The van der Waals surface area contributed by atoms with Crippen LogP contribution in [0.4, 0.5) is 0 Å². The summed E-state index contributed by atoms with van der Waals surface area (Å²) in [5.74, 6) is 0. The Morgan fingerprint density at radius 1 is 1.59 bits per heavy atom. The molecule has 0 unspecified atom stereocenters. The fraction of sp³-hybridized carbons (Fsp3) is 0.267. The van der Waals surface area contributed by atoms with Gasteiger partial charge in [0.1, 0.15) is 6.07 Å². The molecule has 0 fully saturated rings. The molecule has 0 spiro atoms. The van der Waals surface area contributed by atoms with E-state index < -0.39 is 0 Å². The number of nitrogens with zero attached hydrogens (tertiary/aromatic N) is 1. The Morgan fingerprint density at radius 2 is 2.35 bits per heavy atom. The lowest BCUT2D eigenvalue weighted by molar-refractivity contribution is 0.944. The highest BCUT2D eigenvalue weighted by atomic mass is 32.2. The van der Waals surface area contributed by atoms with Crippen LogP contribution < -0.4 is 0 Å². The van der Waals surface area contributed by atoms with Crippen LogP contribution in [0.25, 0.3) is 0 Å². The third kappa shape index (κ3) is 3.51. The Bertz CT molecular complexity index is 456. The van der Waals surface area contributed by atoms with Crippen molar-refractivity contribution in [1.82, 2.24) is 0 Å². The SMILES string of the molecule is C=CC(/C=C\SC)=C(\C#N)C1=C(C)CCC=C1. The van der Waals surface area contributed by atoms with Gasteiger partial charge < -0.3 is 0 Å². The van der Waals surface area contributed by atoms with Gasteiger partial charge in [-0.3, -0.25) is 0 Å². The van der Waals surface area contributed by atoms with E-state index in [0.29, 0.717) is 0 Å². The van der Waals surface area contributed by atoms with E-state index >= 15 is 0 Å². The first kappa shape index (κ1) is 13.6. The predicted molar refractivity (Wildman–Crippen MR) is 76.6 cm³/mol. The molecular weight excluding hydrogens is 226 g/mol. The molecule has 0 heterocycles. The molecule has 0 N–H and O–H groups in total. The summed E-state index contributed by atoms with van der Waals surface area (Å²) in [5.41, 5.74) is 3.95. The second-order valence-electron chi connectivity index (χ2n) is 3.82. The van der Waals surface area contributed by atoms with E-state index in [1.54, 1.807) is 17.8 Å². The average Bonchev–Trinajstić information content (AvgIpc) is 2.36. The molecule has 0 aromatic rings. The highest BCUT2D eigenvalue weighted by Crippen LogP contribution is 2.27. The van der Waals surface area contributed by atoms with Gasteiger partial charge in [0.15, 0.2) is 0 Å². The summed E-state index contributed by atoms with van der Waals surface area (Å²) >= 11 is 1.61. The summed E-state index contributed by atoms with van der Waals surface area (Å²) in [6.45, 7) is 5.88. The van der Waals surface area contributed by atoms with Crippen LogP contribution in [0.5, 0.6) is 0 Å². The van der Waals surface area contributed by atoms with Crippen LogP contribution >= 0.6 is 11.8 Å². The molecule has 17 heavy (non-hydrogen) atoms. The van der Waals surface area contributed by atoms with Crippen molar-refractivity contribution in [3.05, 3.63) is 58.6 Å². The van der Waals surface area contributed by atoms with E-state index in [9.17, 15) is 5.26 Å². The molecule has 0 aromatic carbocycles. The minimum Gasteiger partial charge on any atom is -0.192 e. The van der Waals surface area contributed by atoms with Gasteiger partial charge in [-0.1, -0.05) is 30.4 Å². The first-order chi connectivity index (χ1) is 8.24. The molecule has 0 radical (unpaired) electrons. The van der Waals surface area contributed by atoms with E-state index in [1.807, 2.05) is 23.8 Å². The molecule has 0 atom stereocenters. The zero-order valence-electron chi connectivity index (χ0n) is 10.4. The smallest absolute Gasteiger partial charge is 0.100 e. The molecule has 0 saturated carbocycles. The maximum absolute atomic E-state index is 9.33. The Kier molecular flexibility index (Phi) is 5.59. The number of hydrogen-bond donors (Lipinski definition) is 0. The van der Waals surface area contributed by atoms with E-state index in [4.69, 9.17) is 0 Å². The topological polar surface area (TPSA) is 23.8 Å². The van der Waals surface area contributed by atoms with Gasteiger partial charge >= 0.3 is 0 Å². The lowest BCUT2D eigenvalue weighted by Gasteiger charge is -2.13. The second-order valence-corrected chi connectivity index (χ2v) is 4.56. The first-order valence-electron chi connectivity index (χ1n) is 5.57. The molecule has 88 valence electrons. The molecule has 0 aromatic heterocycles. The molecule has 0 amide bonds. The van der Waals surface area contributed by atoms with Crippen LogP contribution in [-0.2, 0) is 0 Å². The zero-order chi connectivity index (χ0) is 12.7. The van der Waals surface area contributed by atoms with Crippen molar-refractivity contribution in [2.45, 2.75) is 19.8 Å². The van der Waals surface area contributed by atoms with Crippen molar-refractivity contribution in [2.75, 3.05) is 6.26 Å². The Morgan fingerprint density at radius 3 is 2.88 bits per heavy atom. The summed E-state index contributed by atoms with van der Waals surface area (Å²) in [5, 5.41) is 11.3. The normalized spacial score (nSPS) is 17.0. The minimum atomic E-state index is 0.721. The molecule has 1 aliphatic rings. The van der Waals surface area contributed by atoms with E-state index in [0.717, 1.165) is 29.6 Å². The molecule has 1 aliphatic carbocycles. The monoisotopic (exact) mass is 243 g/mol. The Balaban J connectivity index is 3.26. The van der Waals surface area contributed by atoms with Gasteiger partial charge in [-0.25, -0.2) is 0 Å². The fourth-order valence-electron chi connectivity index (χ4n) is 1.75. The number of thioether (sulfide) groups is 1. The van der Waals surface area contributed by atoms with E-state index in [2.05, 4.69) is 25.6 Å². The Labute approximate surface area is 108 Å². The van der Waals surface area contributed by atoms with Gasteiger partial charge in [0.05, 0.1) is 5.57 Å². The highest BCUT2D eigenvalue weighted by Gasteiger charge is 2.11. The summed E-state index contributed by atoms with van der Waals surface area (Å²) < 4.78 is 0. The molecule has 1 rings (SSSR count). The third-order valence-electron chi connectivity index (χ3n) is 2.70. The number of hydrogen-bond acceptors (Lipinski definition) is 2. The molecule has 0 aliphatic heterocycles. The van der Waals surface area contributed by atoms with Crippen molar-refractivity contribution in [2.24, 2.45) is 0 Å². The fourth-order valence-corrected chi connectivity index (χ4v) is 2.03. The van der Waals surface area contributed by atoms with Crippen molar-refractivity contribution in [1.29, 1.82) is 5.26 Å². The van der Waals surface area contributed by atoms with Gasteiger partial charge in [-0.05, 0) is 48.7 Å². The summed E-state index contributed by atoms with van der Waals surface area (Å²) in [6.07, 6.45) is 12.0. The van der Waals surface area contributed by atoms with Crippen LogP contribution in [0, 0.1) is 11.3 Å². The molecule has 1 nitrogen and oxygen atoms in total. The first-order valence-corrected chi connectivity index (χ1v) is 6.86. The van der Waals surface area contributed by atoms with E-state index in [-0.39, 0.29) is 0 Å². The molecule has 0 saturated heterocycles. The van der Waals surface area contributed by atoms with Crippen LogP contribution in [-0.4, -0.2) is 6.26 Å². The highest BCUT2D eigenvalue weighted by molar-refractivity contribution is 8.01. The zero-order valence-corrected chi connectivity index (χ0v) is 11.2. The maximum Gasteiger partial charge on any atom is 0.100 e. The number of nitriles is 1. The number of allylic oxidation sites excluding steroid dienone is 8. The second kappa shape index (κ2) is 6.98. The van der Waals surface area contributed by atoms with Gasteiger partial charge in [0.2, 0.25) is 0 Å². The summed E-state index contributed by atoms with van der Waals surface area (Å²) in [4.78, 5) is 0. The molecular formula is C15H17NS. The predicted octanol–water partition coefficient (Wildman–Crippen LogP) is 4.54. The summed E-state index contributed by atoms with van der Waals surface area (Å²) in [6, 6.07) is 2.30. The Hall–Kier alpha value is -1.46. The van der Waals surface area contributed by atoms with Crippen molar-refractivity contribution in [3.8, 4) is 6.07 Å². The molecule has 0 bridgehead atoms. The maximum atomic E-state index is 9.33. The lowest BCUT2D eigenvalue weighted by atomic mass is 9.91. The van der Waals surface area contributed by atoms with Crippen molar-refractivity contribution >= 4 is 11.8 Å². The quantitative estimate of drug-likeness (QED) is 0.535. The van der Waals surface area contributed by atoms with Crippen molar-refractivity contribution in [3.63, 3.8) is 0 Å².